The molecule has 1 aromatic carbocycles. The molecule has 6 heteroatoms. The molecule has 19 heavy (non-hydrogen) atoms. The topological polar surface area (TPSA) is 89.1 Å². The van der Waals surface area contributed by atoms with Crippen molar-refractivity contribution < 1.29 is 9.90 Å². The van der Waals surface area contributed by atoms with Gasteiger partial charge in [0.2, 0.25) is 0 Å². The molecule has 2 aromatic rings. The normalized spacial score (nSPS) is 12.1. The second-order valence-corrected chi connectivity index (χ2v) is 4.93. The summed E-state index contributed by atoms with van der Waals surface area (Å²) in [6, 6.07) is 8.72. The first-order valence-electron chi connectivity index (χ1n) is 5.62. The van der Waals surface area contributed by atoms with Crippen LogP contribution in [-0.2, 0) is 4.79 Å². The Morgan fingerprint density at radius 1 is 1.42 bits per heavy atom. The molecule has 0 aliphatic carbocycles. The third kappa shape index (κ3) is 3.59. The third-order valence-electron chi connectivity index (χ3n) is 2.52. The number of aromatic nitrogens is 2. The summed E-state index contributed by atoms with van der Waals surface area (Å²) in [7, 11) is 0. The van der Waals surface area contributed by atoms with Crippen LogP contribution in [0.25, 0.3) is 11.3 Å². The number of aliphatic carboxylic acids is 1. The molecule has 1 aromatic heterocycles. The number of halogens is 1. The van der Waals surface area contributed by atoms with E-state index in [0.29, 0.717) is 11.5 Å². The molecule has 0 saturated heterocycles. The van der Waals surface area contributed by atoms with Gasteiger partial charge >= 0.3 is 5.97 Å². The zero-order valence-electron chi connectivity index (χ0n) is 9.95. The number of carboxylic acid groups (broad SMARTS) is 1. The number of carboxylic acids is 1. The molecule has 0 radical (unpaired) electrons. The molecular formula is C13H12BrN3O2. The van der Waals surface area contributed by atoms with Crippen LogP contribution < -0.4 is 5.73 Å². The van der Waals surface area contributed by atoms with E-state index in [-0.39, 0.29) is 6.42 Å². The average molecular weight is 322 g/mol. The van der Waals surface area contributed by atoms with Gasteiger partial charge in [0.25, 0.3) is 0 Å². The van der Waals surface area contributed by atoms with Crippen LogP contribution in [0.3, 0.4) is 0 Å². The van der Waals surface area contributed by atoms with Gasteiger partial charge in [0, 0.05) is 16.2 Å². The Morgan fingerprint density at radius 2 is 2.21 bits per heavy atom. The number of carbonyl (C=O) groups is 1. The van der Waals surface area contributed by atoms with Crippen LogP contribution in [0.1, 0.15) is 18.3 Å². The van der Waals surface area contributed by atoms with E-state index in [4.69, 9.17) is 10.8 Å². The lowest BCUT2D eigenvalue weighted by atomic mass is 10.1. The standard InChI is InChI=1S/C13H12BrN3O2/c14-9-3-1-2-8(6-9)11-4-5-16-13(17-11)10(15)7-12(18)19/h1-6,10H,7,15H2,(H,18,19). The molecular weight excluding hydrogens is 310 g/mol. The van der Waals surface area contributed by atoms with E-state index < -0.39 is 12.0 Å². The molecule has 0 amide bonds. The number of nitrogens with zero attached hydrogens (tertiary/aromatic N) is 2. The van der Waals surface area contributed by atoms with Gasteiger partial charge in [0.1, 0.15) is 5.82 Å². The summed E-state index contributed by atoms with van der Waals surface area (Å²) in [5, 5.41) is 8.73. The van der Waals surface area contributed by atoms with Gasteiger partial charge in [-0.1, -0.05) is 28.1 Å². The van der Waals surface area contributed by atoms with Crippen molar-refractivity contribution in [3.05, 3.63) is 46.8 Å². The van der Waals surface area contributed by atoms with Crippen LogP contribution in [0.5, 0.6) is 0 Å². The van der Waals surface area contributed by atoms with Crippen LogP contribution >= 0.6 is 15.9 Å². The molecule has 0 saturated carbocycles. The van der Waals surface area contributed by atoms with Crippen LogP contribution in [-0.4, -0.2) is 21.0 Å². The fourth-order valence-corrected chi connectivity index (χ4v) is 2.04. The van der Waals surface area contributed by atoms with Gasteiger partial charge in [0.15, 0.2) is 0 Å². The molecule has 5 nitrogen and oxygen atoms in total. The monoisotopic (exact) mass is 321 g/mol. The highest BCUT2D eigenvalue weighted by atomic mass is 79.9. The molecule has 1 atom stereocenters. The molecule has 0 fully saturated rings. The Labute approximate surface area is 118 Å². The van der Waals surface area contributed by atoms with Gasteiger partial charge in [0.05, 0.1) is 18.2 Å². The second-order valence-electron chi connectivity index (χ2n) is 4.01. The first-order valence-corrected chi connectivity index (χ1v) is 6.42. The summed E-state index contributed by atoms with van der Waals surface area (Å²) in [6.07, 6.45) is 1.39. The fraction of sp³-hybridized carbons (Fsp3) is 0.154. The third-order valence-corrected chi connectivity index (χ3v) is 3.01. The summed E-state index contributed by atoms with van der Waals surface area (Å²) in [6.45, 7) is 0. The Kier molecular flexibility index (Phi) is 4.24. The molecule has 98 valence electrons. The number of hydrogen-bond acceptors (Lipinski definition) is 4. The summed E-state index contributed by atoms with van der Waals surface area (Å²) in [5.74, 6) is -0.635. The first kappa shape index (κ1) is 13.6. The molecule has 1 heterocycles. The maximum atomic E-state index is 10.6. The lowest BCUT2D eigenvalue weighted by molar-refractivity contribution is -0.137. The van der Waals surface area contributed by atoms with E-state index in [9.17, 15) is 4.79 Å². The number of nitrogens with two attached hydrogens (primary N) is 1. The van der Waals surface area contributed by atoms with Crippen LogP contribution in [0.4, 0.5) is 0 Å². The second kappa shape index (κ2) is 5.90. The smallest absolute Gasteiger partial charge is 0.305 e. The van der Waals surface area contributed by atoms with E-state index in [1.807, 2.05) is 24.3 Å². The lowest BCUT2D eigenvalue weighted by Crippen LogP contribution is -2.18. The summed E-state index contributed by atoms with van der Waals surface area (Å²) in [4.78, 5) is 19.0. The van der Waals surface area contributed by atoms with E-state index in [1.54, 1.807) is 12.3 Å². The largest absolute Gasteiger partial charge is 0.481 e. The fourth-order valence-electron chi connectivity index (χ4n) is 1.64. The average Bonchev–Trinajstić information content (AvgIpc) is 2.38. The molecule has 3 N–H and O–H groups in total. The maximum absolute atomic E-state index is 10.6. The molecule has 0 spiro atoms. The minimum absolute atomic E-state index is 0.193. The zero-order chi connectivity index (χ0) is 13.8. The minimum Gasteiger partial charge on any atom is -0.481 e. The molecule has 0 aliphatic heterocycles. The Bertz CT molecular complexity index is 604. The summed E-state index contributed by atoms with van der Waals surface area (Å²) < 4.78 is 0.944. The predicted molar refractivity (Wildman–Crippen MR) is 74.3 cm³/mol. The molecule has 0 bridgehead atoms. The van der Waals surface area contributed by atoms with Gasteiger partial charge < -0.3 is 10.8 Å². The van der Waals surface area contributed by atoms with Gasteiger partial charge in [-0.05, 0) is 18.2 Å². The highest BCUT2D eigenvalue weighted by Crippen LogP contribution is 2.22. The van der Waals surface area contributed by atoms with Crippen molar-refractivity contribution in [2.75, 3.05) is 0 Å². The molecule has 2 rings (SSSR count). The lowest BCUT2D eigenvalue weighted by Gasteiger charge is -2.09. The Balaban J connectivity index is 2.31. The van der Waals surface area contributed by atoms with E-state index in [1.165, 1.54) is 0 Å². The minimum atomic E-state index is -0.969. The Morgan fingerprint density at radius 3 is 2.89 bits per heavy atom. The molecule has 0 aliphatic rings. The molecule has 1 unspecified atom stereocenters. The van der Waals surface area contributed by atoms with Crippen molar-refractivity contribution in [1.29, 1.82) is 0 Å². The summed E-state index contributed by atoms with van der Waals surface area (Å²) >= 11 is 3.39. The quantitative estimate of drug-likeness (QED) is 0.902. The van der Waals surface area contributed by atoms with E-state index in [0.717, 1.165) is 10.0 Å². The van der Waals surface area contributed by atoms with Gasteiger partial charge in [-0.15, -0.1) is 0 Å². The highest BCUT2D eigenvalue weighted by Gasteiger charge is 2.14. The van der Waals surface area contributed by atoms with Gasteiger partial charge in [-0.2, -0.15) is 0 Å². The van der Waals surface area contributed by atoms with E-state index >= 15 is 0 Å². The van der Waals surface area contributed by atoms with Crippen molar-refractivity contribution >= 4 is 21.9 Å². The van der Waals surface area contributed by atoms with Crippen molar-refractivity contribution in [1.82, 2.24) is 9.97 Å². The van der Waals surface area contributed by atoms with Crippen molar-refractivity contribution in [2.45, 2.75) is 12.5 Å². The van der Waals surface area contributed by atoms with Gasteiger partial charge in [-0.25, -0.2) is 9.97 Å². The van der Waals surface area contributed by atoms with Gasteiger partial charge in [-0.3, -0.25) is 4.79 Å². The summed E-state index contributed by atoms with van der Waals surface area (Å²) in [5.41, 5.74) is 7.39. The van der Waals surface area contributed by atoms with Crippen molar-refractivity contribution in [2.24, 2.45) is 5.73 Å². The van der Waals surface area contributed by atoms with Crippen molar-refractivity contribution in [3.63, 3.8) is 0 Å². The highest BCUT2D eigenvalue weighted by molar-refractivity contribution is 9.10. The van der Waals surface area contributed by atoms with Crippen LogP contribution in [0.15, 0.2) is 41.0 Å². The van der Waals surface area contributed by atoms with Crippen LogP contribution in [0.2, 0.25) is 0 Å². The van der Waals surface area contributed by atoms with E-state index in [2.05, 4.69) is 25.9 Å². The zero-order valence-corrected chi connectivity index (χ0v) is 11.5. The van der Waals surface area contributed by atoms with Crippen LogP contribution in [0, 0.1) is 0 Å². The number of benzene rings is 1. The first-order chi connectivity index (χ1) is 9.06. The maximum Gasteiger partial charge on any atom is 0.305 e. The number of hydrogen-bond donors (Lipinski definition) is 2. The SMILES string of the molecule is NC(CC(=O)O)c1nccc(-c2cccc(Br)c2)n1. The predicted octanol–water partition coefficient (Wildman–Crippen LogP) is 2.38. The Hall–Kier alpha value is -1.79. The number of rotatable bonds is 4. The van der Waals surface area contributed by atoms with Crippen molar-refractivity contribution in [3.8, 4) is 11.3 Å².